The lowest BCUT2D eigenvalue weighted by Crippen LogP contribution is -2.04. The lowest BCUT2D eigenvalue weighted by molar-refractivity contribution is 0.462. The van der Waals surface area contributed by atoms with Gasteiger partial charge in [-0.3, -0.25) is 14.9 Å². The van der Waals surface area contributed by atoms with Crippen LogP contribution in [0.25, 0.3) is 0 Å². The highest BCUT2D eigenvalue weighted by molar-refractivity contribution is 7.11. The van der Waals surface area contributed by atoms with Crippen molar-refractivity contribution >= 4 is 22.7 Å². The topological polar surface area (TPSA) is 426 Å². The molecule has 12 aromatic rings. The fourth-order valence-electron chi connectivity index (χ4n) is 7.55. The second kappa shape index (κ2) is 50.1. The largest absolute Gasteiger partial charge is 0.263 e. The van der Waals surface area contributed by atoms with Gasteiger partial charge in [0, 0.05) is 56.7 Å². The Bertz CT molecular complexity index is 3670. The molecule has 12 heterocycles. The third-order valence-electron chi connectivity index (χ3n) is 14.0. The van der Waals surface area contributed by atoms with E-state index in [9.17, 15) is 0 Å². The molecule has 0 saturated carbocycles. The minimum Gasteiger partial charge on any atom is -0.263 e. The van der Waals surface area contributed by atoms with Gasteiger partial charge in [0.1, 0.15) is 44.3 Å². The Kier molecular flexibility index (Phi) is 44.7. The molecule has 0 bridgehead atoms. The molecule has 0 aliphatic carbocycles. The summed E-state index contributed by atoms with van der Waals surface area (Å²) in [6.45, 7) is 65.7. The van der Waals surface area contributed by atoms with E-state index in [0.717, 1.165) is 101 Å². The van der Waals surface area contributed by atoms with E-state index in [4.69, 9.17) is 0 Å². The number of aromatic amines is 5. The molecular formula is C70H127N35S2. The van der Waals surface area contributed by atoms with Crippen LogP contribution in [-0.2, 0) is 21.1 Å². The zero-order valence-electron chi connectivity index (χ0n) is 70.5. The molecule has 0 aromatic carbocycles. The number of aromatic nitrogens is 35. The van der Waals surface area contributed by atoms with Crippen LogP contribution in [0.2, 0.25) is 0 Å². The van der Waals surface area contributed by atoms with E-state index in [1.54, 1.807) is 70.6 Å². The number of nitrogens with one attached hydrogen (secondary N) is 5. The van der Waals surface area contributed by atoms with Gasteiger partial charge in [0.2, 0.25) is 0 Å². The number of aryl methyl sites for hydroxylation is 11. The second-order valence-electron chi connectivity index (χ2n) is 28.3. The molecule has 35 nitrogen and oxygen atoms in total. The molecule has 0 atom stereocenters. The average Bonchev–Trinajstić information content (AvgIpc) is 1.75. The minimum atomic E-state index is 0.368. The van der Waals surface area contributed by atoms with Crippen LogP contribution in [0.3, 0.4) is 0 Å². The van der Waals surface area contributed by atoms with Gasteiger partial charge in [-0.1, -0.05) is 144 Å². The predicted molar refractivity (Wildman–Crippen MR) is 422 cm³/mol. The summed E-state index contributed by atoms with van der Waals surface area (Å²) >= 11 is 3.28. The smallest absolute Gasteiger partial charge is 0.177 e. The van der Waals surface area contributed by atoms with E-state index in [1.165, 1.54) is 6.33 Å². The Hall–Kier alpha value is -9.55. The maximum Gasteiger partial charge on any atom is 0.177 e. The van der Waals surface area contributed by atoms with Crippen LogP contribution in [-0.4, -0.2) is 177 Å². The normalized spacial score (nSPS) is 10.6. The monoisotopic (exact) mass is 1520 g/mol. The van der Waals surface area contributed by atoms with Gasteiger partial charge in [-0.15, -0.1) is 53.3 Å². The fourth-order valence-corrected chi connectivity index (χ4v) is 8.82. The van der Waals surface area contributed by atoms with Crippen molar-refractivity contribution in [3.8, 4) is 0 Å². The molecule has 0 amide bonds. The summed E-state index contributed by atoms with van der Waals surface area (Å²) in [6.07, 6.45) is 6.82. The van der Waals surface area contributed by atoms with Crippen molar-refractivity contribution in [1.82, 2.24) is 177 Å². The standard InChI is InChI=1S/3C7H13N3.4C6H11N3.C6H10N2S.2C5H9N3.C5H8N2S.C4H8N4/c1-5(2)7-8-6(3)10(4)9-7;1-5(2)7-6(3)8-10(4)9-7;1-5(2)10-8-6(3)7(4)9-10;1-5(2)6-4-7-9(3)8-6;1-5(2)9-7-4-6(3)8-9;1-4(2)6-7-5(3)8-9-6;1-4(2)6-5(3)7-9-8-6;1-4(2)6-8-7-5(3)9-6;1-4(2)5-6-3-7-8-5;1-4(2)5-3-6-8-7-5;1-4(2)5-7-6-3-8-5;1-3(2)4-5-7-8-6-4/h3*5H,1-4H3;2*4-5H,1-3H3;2*4H,1-3H3,(H,7,8,9);4H,1-3H3;2*3-4H,1-2H3,(H,6,7,8);3-4H,1-2H3;3H,1-2H3,(H,5,6,7,8). The van der Waals surface area contributed by atoms with Crippen LogP contribution >= 0.6 is 22.7 Å². The number of tetrazole rings is 1. The molecule has 0 spiro atoms. The van der Waals surface area contributed by atoms with Crippen LogP contribution in [0.15, 0.2) is 30.4 Å². The van der Waals surface area contributed by atoms with E-state index < -0.39 is 0 Å². The van der Waals surface area contributed by atoms with Crippen molar-refractivity contribution in [2.24, 2.45) is 21.1 Å². The van der Waals surface area contributed by atoms with E-state index in [-0.39, 0.29) is 0 Å². The highest BCUT2D eigenvalue weighted by Crippen LogP contribution is 2.19. The first-order valence-corrected chi connectivity index (χ1v) is 37.9. The molecule has 0 radical (unpaired) electrons. The van der Waals surface area contributed by atoms with E-state index in [0.29, 0.717) is 71.3 Å². The lowest BCUT2D eigenvalue weighted by Gasteiger charge is -2.00. The predicted octanol–water partition coefficient (Wildman–Crippen LogP) is 14.4. The number of hydrogen-bond acceptors (Lipinski definition) is 27. The molecule has 107 heavy (non-hydrogen) atoms. The fraction of sp³-hybridized carbons (Fsp3) is 0.671. The molecule has 0 saturated heterocycles. The highest BCUT2D eigenvalue weighted by Gasteiger charge is 2.11. The van der Waals surface area contributed by atoms with Crippen LogP contribution in [0.4, 0.5) is 0 Å². The first-order chi connectivity index (χ1) is 50.1. The molecular weight excluding hydrogens is 1400 g/mol. The van der Waals surface area contributed by atoms with Crippen LogP contribution in [0.1, 0.15) is 339 Å². The molecule has 594 valence electrons. The van der Waals surface area contributed by atoms with Gasteiger partial charge in [-0.05, 0) is 107 Å². The average molecular weight is 1520 g/mol. The summed E-state index contributed by atoms with van der Waals surface area (Å²) in [6, 6.07) is 0.742. The summed E-state index contributed by atoms with van der Waals surface area (Å²) in [5.74, 6) is 10.1. The van der Waals surface area contributed by atoms with Crippen molar-refractivity contribution in [2.45, 2.75) is 293 Å². The van der Waals surface area contributed by atoms with Crippen molar-refractivity contribution in [3.05, 3.63) is 132 Å². The van der Waals surface area contributed by atoms with Gasteiger partial charge < -0.3 is 0 Å². The number of hydrogen-bond donors (Lipinski definition) is 5. The van der Waals surface area contributed by atoms with E-state index >= 15 is 0 Å². The van der Waals surface area contributed by atoms with Crippen molar-refractivity contribution in [2.75, 3.05) is 0 Å². The van der Waals surface area contributed by atoms with Crippen LogP contribution in [0, 0.1) is 55.4 Å². The van der Waals surface area contributed by atoms with Crippen molar-refractivity contribution in [3.63, 3.8) is 0 Å². The van der Waals surface area contributed by atoms with Crippen molar-refractivity contribution in [1.29, 1.82) is 0 Å². The second-order valence-corrected chi connectivity index (χ2v) is 30.4. The van der Waals surface area contributed by atoms with Gasteiger partial charge in [0.25, 0.3) is 0 Å². The molecule has 0 aliphatic heterocycles. The summed E-state index contributed by atoms with van der Waals surface area (Å²) in [7, 11) is 5.58. The van der Waals surface area contributed by atoms with Gasteiger partial charge >= 0.3 is 0 Å². The molecule has 0 fully saturated rings. The zero-order chi connectivity index (χ0) is 81.4. The molecule has 0 aliphatic rings. The molecule has 12 aromatic heterocycles. The SMILES string of the molecule is CC(C)c1cn[nH]n1.CC(C)c1cnn(C)n1.CC(C)c1ncn[nH]1.CC(C)c1nn[nH]n1.CC(C)c1nncs1.Cc1cnn(C(C)C)n1.Cc1n[nH]nc1C(C)C.Cc1nc(C(C)C)n[nH]1.Cc1nc(C(C)C)nn1C.Cc1nn(C(C)C)nc1C.Cc1nn(C)nc1C(C)C.Cc1nnc(C(C)C)s1. The Morgan fingerprint density at radius 1 is 0.393 bits per heavy atom. The molecule has 12 rings (SSSR count). The number of nitrogens with zero attached hydrogens (tertiary/aromatic N) is 30. The maximum absolute atomic E-state index is 4.26. The number of H-pyrrole nitrogens is 5. The number of rotatable bonds is 12. The first-order valence-electron chi connectivity index (χ1n) is 36.2. The van der Waals surface area contributed by atoms with Gasteiger partial charge in [0.05, 0.1) is 81.9 Å². The van der Waals surface area contributed by atoms with Crippen molar-refractivity contribution < 1.29 is 0 Å². The third kappa shape index (κ3) is 39.0. The molecule has 0 unspecified atom stereocenters. The Morgan fingerprint density at radius 2 is 0.991 bits per heavy atom. The molecule has 5 N–H and O–H groups in total. The Balaban J connectivity index is 0.000000584. The summed E-state index contributed by atoms with van der Waals surface area (Å²) in [4.78, 5) is 19.0. The zero-order valence-corrected chi connectivity index (χ0v) is 72.2. The van der Waals surface area contributed by atoms with Crippen LogP contribution < -0.4 is 0 Å². The highest BCUT2D eigenvalue weighted by atomic mass is 32.1. The summed E-state index contributed by atoms with van der Waals surface area (Å²) < 4.78 is 1.80. The summed E-state index contributed by atoms with van der Waals surface area (Å²) in [5.41, 5.74) is 11.1. The first kappa shape index (κ1) is 95.5. The maximum atomic E-state index is 4.26. The summed E-state index contributed by atoms with van der Waals surface area (Å²) in [5, 5.41) is 103. The minimum absolute atomic E-state index is 0.368. The lowest BCUT2D eigenvalue weighted by atomic mass is 10.1. The van der Waals surface area contributed by atoms with Gasteiger partial charge in [-0.2, -0.15) is 111 Å². The quantitative estimate of drug-likeness (QED) is 0.0758. The Labute approximate surface area is 642 Å². The third-order valence-corrected chi connectivity index (χ3v) is 16.1. The van der Waals surface area contributed by atoms with Gasteiger partial charge in [-0.25, -0.2) is 15.0 Å². The van der Waals surface area contributed by atoms with Crippen LogP contribution in [0.5, 0.6) is 0 Å². The van der Waals surface area contributed by atoms with E-state index in [2.05, 4.69) is 305 Å². The molecule has 37 heteroatoms. The van der Waals surface area contributed by atoms with E-state index in [1.807, 2.05) is 90.4 Å². The van der Waals surface area contributed by atoms with Gasteiger partial charge in [0.15, 0.2) is 17.5 Å². The Morgan fingerprint density at radius 3 is 1.21 bits per heavy atom.